The molecule has 2 amide bonds. The molecule has 0 atom stereocenters. The van der Waals surface area contributed by atoms with Crippen molar-refractivity contribution in [3.63, 3.8) is 0 Å². The number of esters is 1. The first-order chi connectivity index (χ1) is 16.5. The van der Waals surface area contributed by atoms with Gasteiger partial charge in [0.15, 0.2) is 0 Å². The summed E-state index contributed by atoms with van der Waals surface area (Å²) < 4.78 is 4.52. The van der Waals surface area contributed by atoms with Gasteiger partial charge in [0, 0.05) is 21.7 Å². The molecule has 172 valence electrons. The smallest absolute Gasteiger partial charge is 0.325 e. The second-order valence-electron chi connectivity index (χ2n) is 7.20. The number of thiophene rings is 1. The number of thiazole rings is 1. The van der Waals surface area contributed by atoms with Crippen molar-refractivity contribution in [2.24, 2.45) is 0 Å². The quantitative estimate of drug-likeness (QED) is 0.351. The van der Waals surface area contributed by atoms with Crippen LogP contribution in [0.1, 0.15) is 15.2 Å². The number of nitrogens with zero attached hydrogens (tertiary/aromatic N) is 1. The normalized spacial score (nSPS) is 10.5. The molecular formula is C25H21N3O4S2. The second-order valence-corrected chi connectivity index (χ2v) is 9.23. The molecule has 9 heteroatoms. The maximum Gasteiger partial charge on any atom is 0.325 e. The van der Waals surface area contributed by atoms with E-state index in [0.29, 0.717) is 11.3 Å². The number of nitrogens with one attached hydrogen (secondary N) is 2. The Morgan fingerprint density at radius 1 is 1.00 bits per heavy atom. The lowest BCUT2D eigenvalue weighted by atomic mass is 10.1. The van der Waals surface area contributed by atoms with E-state index < -0.39 is 11.9 Å². The highest BCUT2D eigenvalue weighted by atomic mass is 32.1. The van der Waals surface area contributed by atoms with Gasteiger partial charge in [-0.2, -0.15) is 0 Å². The highest BCUT2D eigenvalue weighted by Crippen LogP contribution is 2.36. The summed E-state index contributed by atoms with van der Waals surface area (Å²) in [7, 11) is 1.25. The summed E-state index contributed by atoms with van der Waals surface area (Å²) in [5.74, 6) is -1.19. The Labute approximate surface area is 204 Å². The van der Waals surface area contributed by atoms with Gasteiger partial charge in [0.2, 0.25) is 5.91 Å². The maximum absolute atomic E-state index is 12.9. The largest absolute Gasteiger partial charge is 0.468 e. The van der Waals surface area contributed by atoms with E-state index in [9.17, 15) is 14.4 Å². The first kappa shape index (κ1) is 23.3. The Balaban J connectivity index is 1.50. The maximum atomic E-state index is 12.9. The van der Waals surface area contributed by atoms with Crippen LogP contribution in [0.15, 0.2) is 72.1 Å². The van der Waals surface area contributed by atoms with Crippen molar-refractivity contribution in [1.29, 1.82) is 0 Å². The van der Waals surface area contributed by atoms with Crippen LogP contribution in [0.5, 0.6) is 0 Å². The van der Waals surface area contributed by atoms with Crippen molar-refractivity contribution >= 4 is 46.1 Å². The summed E-state index contributed by atoms with van der Waals surface area (Å²) in [6.07, 6.45) is 0.149. The number of amides is 2. The van der Waals surface area contributed by atoms with E-state index in [2.05, 4.69) is 15.4 Å². The molecule has 4 aromatic rings. The van der Waals surface area contributed by atoms with Gasteiger partial charge < -0.3 is 15.4 Å². The molecule has 2 aromatic heterocycles. The lowest BCUT2D eigenvalue weighted by Gasteiger charge is -2.08. The summed E-state index contributed by atoms with van der Waals surface area (Å²) in [6.45, 7) is -0.230. The van der Waals surface area contributed by atoms with E-state index in [-0.39, 0.29) is 18.9 Å². The minimum atomic E-state index is -0.543. The topological polar surface area (TPSA) is 97.4 Å². The van der Waals surface area contributed by atoms with Crippen LogP contribution in [0.25, 0.3) is 21.1 Å². The van der Waals surface area contributed by atoms with Crippen LogP contribution in [0, 0.1) is 0 Å². The Morgan fingerprint density at radius 3 is 2.56 bits per heavy atom. The van der Waals surface area contributed by atoms with E-state index in [4.69, 9.17) is 4.98 Å². The van der Waals surface area contributed by atoms with Crippen LogP contribution in [-0.4, -0.2) is 36.4 Å². The van der Waals surface area contributed by atoms with Crippen molar-refractivity contribution in [2.45, 2.75) is 6.42 Å². The fourth-order valence-corrected chi connectivity index (χ4v) is 5.08. The number of benzene rings is 2. The molecule has 2 aromatic carbocycles. The third-order valence-electron chi connectivity index (χ3n) is 4.82. The average molecular weight is 492 g/mol. The number of hydrogen-bond donors (Lipinski definition) is 2. The standard InChI is InChI=1S/C25H21N3O4S2/c1-32-22(30)15-26-24(31)17-9-5-10-18(13-17)27-21(29)14-20-23(19-11-6-12-33-19)28-25(34-20)16-7-3-2-4-8-16/h2-13H,14-15H2,1H3,(H,26,31)(H,27,29). The third-order valence-corrected chi connectivity index (χ3v) is 6.80. The van der Waals surface area contributed by atoms with Crippen LogP contribution in [-0.2, 0) is 20.7 Å². The van der Waals surface area contributed by atoms with Crippen LogP contribution in [0.2, 0.25) is 0 Å². The Hall–Kier alpha value is -3.82. The summed E-state index contributed by atoms with van der Waals surface area (Å²) in [5.41, 5.74) is 2.62. The Bertz CT molecular complexity index is 1300. The van der Waals surface area contributed by atoms with Gasteiger partial charge >= 0.3 is 5.97 Å². The first-order valence-corrected chi connectivity index (χ1v) is 12.1. The molecule has 0 aliphatic carbocycles. The van der Waals surface area contributed by atoms with Crippen molar-refractivity contribution in [3.8, 4) is 21.1 Å². The van der Waals surface area contributed by atoms with Crippen molar-refractivity contribution in [1.82, 2.24) is 10.3 Å². The molecule has 7 nitrogen and oxygen atoms in total. The molecule has 0 fully saturated rings. The zero-order valence-corrected chi connectivity index (χ0v) is 19.9. The van der Waals surface area contributed by atoms with Gasteiger partial charge in [-0.05, 0) is 29.6 Å². The number of anilines is 1. The fraction of sp³-hybridized carbons (Fsp3) is 0.120. The summed E-state index contributed by atoms with van der Waals surface area (Å²) in [5, 5.41) is 8.18. The fourth-order valence-electron chi connectivity index (χ4n) is 3.20. The number of ether oxygens (including phenoxy) is 1. The van der Waals surface area contributed by atoms with E-state index in [1.165, 1.54) is 18.4 Å². The van der Waals surface area contributed by atoms with Gasteiger partial charge in [0.1, 0.15) is 11.6 Å². The van der Waals surface area contributed by atoms with Gasteiger partial charge in [-0.15, -0.1) is 22.7 Å². The molecule has 34 heavy (non-hydrogen) atoms. The number of carbonyl (C=O) groups is 3. The average Bonchev–Trinajstić information content (AvgIpc) is 3.53. The molecular weight excluding hydrogens is 470 g/mol. The number of carbonyl (C=O) groups excluding carboxylic acids is 3. The SMILES string of the molecule is COC(=O)CNC(=O)c1cccc(NC(=O)Cc2sc(-c3ccccc3)nc2-c2cccs2)c1. The highest BCUT2D eigenvalue weighted by Gasteiger charge is 2.18. The molecule has 0 radical (unpaired) electrons. The molecule has 4 rings (SSSR count). The summed E-state index contributed by atoms with van der Waals surface area (Å²) >= 11 is 3.07. The molecule has 0 aliphatic rings. The number of hydrogen-bond acceptors (Lipinski definition) is 7. The molecule has 0 saturated heterocycles. The molecule has 0 bridgehead atoms. The van der Waals surface area contributed by atoms with Crippen molar-refractivity contribution < 1.29 is 19.1 Å². The lowest BCUT2D eigenvalue weighted by molar-refractivity contribution is -0.139. The minimum absolute atomic E-state index is 0.149. The molecule has 2 heterocycles. The third kappa shape index (κ3) is 5.75. The summed E-state index contributed by atoms with van der Waals surface area (Å²) in [6, 6.07) is 20.4. The van der Waals surface area contributed by atoms with E-state index in [0.717, 1.165) is 26.0 Å². The zero-order valence-electron chi connectivity index (χ0n) is 18.2. The van der Waals surface area contributed by atoms with Gasteiger partial charge in [0.05, 0.1) is 24.1 Å². The molecule has 0 saturated carbocycles. The van der Waals surface area contributed by atoms with Crippen LogP contribution >= 0.6 is 22.7 Å². The van der Waals surface area contributed by atoms with Crippen LogP contribution in [0.3, 0.4) is 0 Å². The monoisotopic (exact) mass is 491 g/mol. The number of aromatic nitrogens is 1. The predicted molar refractivity (Wildman–Crippen MR) is 134 cm³/mol. The number of rotatable bonds is 8. The molecule has 0 unspecified atom stereocenters. The van der Waals surface area contributed by atoms with E-state index in [1.807, 2.05) is 47.8 Å². The van der Waals surface area contributed by atoms with Gasteiger partial charge in [0.25, 0.3) is 5.91 Å². The minimum Gasteiger partial charge on any atom is -0.468 e. The zero-order chi connectivity index (χ0) is 23.9. The van der Waals surface area contributed by atoms with Crippen molar-refractivity contribution in [3.05, 3.63) is 82.6 Å². The van der Waals surface area contributed by atoms with Crippen molar-refractivity contribution in [2.75, 3.05) is 19.0 Å². The Kier molecular flexibility index (Phi) is 7.46. The lowest BCUT2D eigenvalue weighted by Crippen LogP contribution is -2.30. The second kappa shape index (κ2) is 10.9. The first-order valence-electron chi connectivity index (χ1n) is 10.4. The molecule has 0 spiro atoms. The molecule has 2 N–H and O–H groups in total. The van der Waals surface area contributed by atoms with E-state index in [1.54, 1.807) is 35.6 Å². The molecule has 0 aliphatic heterocycles. The van der Waals surface area contributed by atoms with Crippen LogP contribution in [0.4, 0.5) is 5.69 Å². The van der Waals surface area contributed by atoms with Gasteiger partial charge in [-0.25, -0.2) is 4.98 Å². The predicted octanol–water partition coefficient (Wildman–Crippen LogP) is 4.62. The van der Waals surface area contributed by atoms with Gasteiger partial charge in [-0.3, -0.25) is 14.4 Å². The number of methoxy groups -OCH3 is 1. The Morgan fingerprint density at radius 2 is 1.82 bits per heavy atom. The van der Waals surface area contributed by atoms with E-state index >= 15 is 0 Å². The van der Waals surface area contributed by atoms with Gasteiger partial charge in [-0.1, -0.05) is 42.5 Å². The van der Waals surface area contributed by atoms with Crippen LogP contribution < -0.4 is 10.6 Å². The summed E-state index contributed by atoms with van der Waals surface area (Å²) in [4.78, 5) is 43.1. The highest BCUT2D eigenvalue weighted by molar-refractivity contribution is 7.17.